The van der Waals surface area contributed by atoms with Gasteiger partial charge in [-0.25, -0.2) is 0 Å². The Morgan fingerprint density at radius 3 is 1.67 bits per heavy atom. The van der Waals surface area contributed by atoms with Crippen LogP contribution in [0.4, 0.5) is 17.1 Å². The molecule has 0 N–H and O–H groups in total. The standard InChI is InChI=1S/C61H49NO/c1-60(2,3)45-29-22-42(23-30-45)49-37-35-48(39-55(49)44-28-36-52-51-16-9-11-20-56(51)61(4,5)57(52)38-44)62(46-31-24-41(25-32-46)40-14-7-6-8-15-40)47-33-26-43(27-34-47)50-18-13-19-54-53-17-10-12-21-58(53)63-59(50)54/h6-39H,1-5H3. The van der Waals surface area contributed by atoms with E-state index >= 15 is 0 Å². The molecule has 2 heteroatoms. The molecule has 0 saturated carbocycles. The molecule has 0 spiro atoms. The lowest BCUT2D eigenvalue weighted by atomic mass is 9.81. The summed E-state index contributed by atoms with van der Waals surface area (Å²) >= 11 is 0. The summed E-state index contributed by atoms with van der Waals surface area (Å²) in [5.74, 6) is 0. The lowest BCUT2D eigenvalue weighted by Gasteiger charge is -2.28. The summed E-state index contributed by atoms with van der Waals surface area (Å²) in [6.45, 7) is 11.6. The zero-order valence-electron chi connectivity index (χ0n) is 36.5. The molecule has 0 radical (unpaired) electrons. The number of nitrogens with zero attached hydrogens (tertiary/aromatic N) is 1. The van der Waals surface area contributed by atoms with Crippen molar-refractivity contribution in [2.45, 2.75) is 45.4 Å². The minimum absolute atomic E-state index is 0.0659. The first-order valence-electron chi connectivity index (χ1n) is 22.1. The molecule has 304 valence electrons. The van der Waals surface area contributed by atoms with E-state index in [1.54, 1.807) is 0 Å². The molecule has 1 aliphatic rings. The summed E-state index contributed by atoms with van der Waals surface area (Å²) in [5, 5.41) is 2.27. The molecule has 0 atom stereocenters. The lowest BCUT2D eigenvalue weighted by molar-refractivity contribution is 0.590. The molecule has 63 heavy (non-hydrogen) atoms. The number of benzene rings is 9. The Labute approximate surface area is 370 Å². The Balaban J connectivity index is 1.07. The fraction of sp³-hybridized carbons (Fsp3) is 0.115. The molecule has 0 saturated heterocycles. The molecule has 9 aromatic carbocycles. The third kappa shape index (κ3) is 6.65. The zero-order chi connectivity index (χ0) is 42.9. The maximum absolute atomic E-state index is 6.48. The van der Waals surface area contributed by atoms with Gasteiger partial charge in [0, 0.05) is 38.8 Å². The van der Waals surface area contributed by atoms with Crippen molar-refractivity contribution in [2.24, 2.45) is 0 Å². The molecule has 0 bridgehead atoms. The highest BCUT2D eigenvalue weighted by Crippen LogP contribution is 2.51. The maximum Gasteiger partial charge on any atom is 0.143 e. The lowest BCUT2D eigenvalue weighted by Crippen LogP contribution is -2.15. The number of para-hydroxylation sites is 2. The number of hydrogen-bond acceptors (Lipinski definition) is 2. The Kier molecular flexibility index (Phi) is 9.10. The van der Waals surface area contributed by atoms with E-state index in [0.717, 1.165) is 50.1 Å². The maximum atomic E-state index is 6.48. The van der Waals surface area contributed by atoms with Crippen LogP contribution in [-0.2, 0) is 10.8 Å². The number of rotatable bonds is 7. The van der Waals surface area contributed by atoms with Gasteiger partial charge in [-0.2, -0.15) is 0 Å². The molecule has 0 unspecified atom stereocenters. The second-order valence-corrected chi connectivity index (χ2v) is 18.6. The number of furan rings is 1. The van der Waals surface area contributed by atoms with Crippen LogP contribution in [0.25, 0.3) is 77.6 Å². The highest BCUT2D eigenvalue weighted by Gasteiger charge is 2.35. The summed E-state index contributed by atoms with van der Waals surface area (Å²) in [4.78, 5) is 2.39. The van der Waals surface area contributed by atoms with Crippen LogP contribution in [0.1, 0.15) is 51.3 Å². The van der Waals surface area contributed by atoms with Crippen LogP contribution >= 0.6 is 0 Å². The van der Waals surface area contributed by atoms with Gasteiger partial charge in [-0.1, -0.05) is 192 Å². The molecule has 1 heterocycles. The van der Waals surface area contributed by atoms with E-state index in [1.807, 2.05) is 12.1 Å². The van der Waals surface area contributed by atoms with Crippen LogP contribution in [0, 0.1) is 0 Å². The van der Waals surface area contributed by atoms with Gasteiger partial charge in [-0.15, -0.1) is 0 Å². The van der Waals surface area contributed by atoms with Crippen LogP contribution in [0.15, 0.2) is 211 Å². The Hall–Kier alpha value is -7.42. The van der Waals surface area contributed by atoms with Gasteiger partial charge in [0.25, 0.3) is 0 Å². The first-order valence-corrected chi connectivity index (χ1v) is 22.1. The van der Waals surface area contributed by atoms with Crippen molar-refractivity contribution in [3.05, 3.63) is 223 Å². The van der Waals surface area contributed by atoms with Gasteiger partial charge >= 0.3 is 0 Å². The van der Waals surface area contributed by atoms with Crippen molar-refractivity contribution in [3.8, 4) is 55.6 Å². The monoisotopic (exact) mass is 811 g/mol. The molecule has 0 fully saturated rings. The summed E-state index contributed by atoms with van der Waals surface area (Å²) in [6.07, 6.45) is 0. The molecular weight excluding hydrogens is 763 g/mol. The van der Waals surface area contributed by atoms with Gasteiger partial charge in [0.05, 0.1) is 0 Å². The number of hydrogen-bond donors (Lipinski definition) is 0. The second kappa shape index (κ2) is 14.9. The van der Waals surface area contributed by atoms with Crippen molar-refractivity contribution >= 4 is 39.0 Å². The van der Waals surface area contributed by atoms with Gasteiger partial charge in [0.1, 0.15) is 11.2 Å². The van der Waals surface area contributed by atoms with Gasteiger partial charge in [0.15, 0.2) is 0 Å². The Morgan fingerprint density at radius 2 is 0.921 bits per heavy atom. The molecule has 0 amide bonds. The number of anilines is 3. The van der Waals surface area contributed by atoms with Gasteiger partial charge < -0.3 is 9.32 Å². The minimum Gasteiger partial charge on any atom is -0.455 e. The largest absolute Gasteiger partial charge is 0.455 e. The third-order valence-electron chi connectivity index (χ3n) is 13.3. The molecule has 1 aromatic heterocycles. The summed E-state index contributed by atoms with van der Waals surface area (Å²) < 4.78 is 6.48. The summed E-state index contributed by atoms with van der Waals surface area (Å²) in [5.41, 5.74) is 21.1. The Morgan fingerprint density at radius 1 is 0.381 bits per heavy atom. The van der Waals surface area contributed by atoms with Crippen LogP contribution in [0.2, 0.25) is 0 Å². The highest BCUT2D eigenvalue weighted by atomic mass is 16.3. The predicted octanol–water partition coefficient (Wildman–Crippen LogP) is 17.3. The summed E-state index contributed by atoms with van der Waals surface area (Å²) in [6, 6.07) is 75.5. The van der Waals surface area contributed by atoms with Gasteiger partial charge in [-0.3, -0.25) is 0 Å². The highest BCUT2D eigenvalue weighted by molar-refractivity contribution is 6.09. The first-order chi connectivity index (χ1) is 30.6. The van der Waals surface area contributed by atoms with Crippen molar-refractivity contribution < 1.29 is 4.42 Å². The smallest absolute Gasteiger partial charge is 0.143 e. The van der Waals surface area contributed by atoms with Crippen molar-refractivity contribution in [1.82, 2.24) is 0 Å². The fourth-order valence-electron chi connectivity index (χ4n) is 9.83. The third-order valence-corrected chi connectivity index (χ3v) is 13.3. The average Bonchev–Trinajstić information content (AvgIpc) is 3.81. The van der Waals surface area contributed by atoms with Crippen molar-refractivity contribution in [3.63, 3.8) is 0 Å². The normalized spacial score (nSPS) is 13.0. The fourth-order valence-corrected chi connectivity index (χ4v) is 9.83. The van der Waals surface area contributed by atoms with E-state index in [0.29, 0.717) is 0 Å². The van der Waals surface area contributed by atoms with E-state index < -0.39 is 0 Å². The Bertz CT molecular complexity index is 3310. The molecule has 0 aliphatic heterocycles. The number of fused-ring (bicyclic) bond motifs is 6. The average molecular weight is 812 g/mol. The van der Waals surface area contributed by atoms with Crippen LogP contribution in [0.3, 0.4) is 0 Å². The second-order valence-electron chi connectivity index (χ2n) is 18.6. The molecule has 10 aromatic rings. The minimum atomic E-state index is -0.116. The zero-order valence-corrected chi connectivity index (χ0v) is 36.5. The molecule has 2 nitrogen and oxygen atoms in total. The van der Waals surface area contributed by atoms with Crippen LogP contribution in [0.5, 0.6) is 0 Å². The van der Waals surface area contributed by atoms with Crippen molar-refractivity contribution in [1.29, 1.82) is 0 Å². The quantitative estimate of drug-likeness (QED) is 0.159. The van der Waals surface area contributed by atoms with E-state index in [1.165, 1.54) is 61.2 Å². The summed E-state index contributed by atoms with van der Waals surface area (Å²) in [7, 11) is 0. The van der Waals surface area contributed by atoms with E-state index in [2.05, 4.69) is 234 Å². The molecule has 11 rings (SSSR count). The predicted molar refractivity (Wildman–Crippen MR) is 266 cm³/mol. The van der Waals surface area contributed by atoms with Crippen LogP contribution in [-0.4, -0.2) is 0 Å². The molecular formula is C61H49NO. The topological polar surface area (TPSA) is 16.4 Å². The van der Waals surface area contributed by atoms with Gasteiger partial charge in [0.2, 0.25) is 0 Å². The van der Waals surface area contributed by atoms with Crippen molar-refractivity contribution in [2.75, 3.05) is 4.90 Å². The van der Waals surface area contributed by atoms with Crippen LogP contribution < -0.4 is 4.90 Å². The molecule has 1 aliphatic carbocycles. The first kappa shape index (κ1) is 38.5. The van der Waals surface area contributed by atoms with Gasteiger partial charge in [-0.05, 0) is 121 Å². The SMILES string of the molecule is CC(C)(C)c1ccc(-c2ccc(N(c3ccc(-c4ccccc4)cc3)c3ccc(-c4cccc5c4oc4ccccc45)cc3)cc2-c2ccc3c(c2)C(C)(C)c2ccccc2-3)cc1. The van der Waals surface area contributed by atoms with E-state index in [-0.39, 0.29) is 10.8 Å². The van der Waals surface area contributed by atoms with E-state index in [4.69, 9.17) is 4.42 Å². The van der Waals surface area contributed by atoms with E-state index in [9.17, 15) is 0 Å².